The van der Waals surface area contributed by atoms with Crippen LogP contribution in [0.5, 0.6) is 0 Å². The fourth-order valence-electron chi connectivity index (χ4n) is 2.69. The van der Waals surface area contributed by atoms with Gasteiger partial charge in [-0.15, -0.1) is 6.58 Å². The van der Waals surface area contributed by atoms with Crippen molar-refractivity contribution in [3.8, 4) is 0 Å². The molecule has 1 aliphatic rings. The van der Waals surface area contributed by atoms with Gasteiger partial charge < -0.3 is 10.2 Å². The van der Waals surface area contributed by atoms with Crippen LogP contribution < -0.4 is 0 Å². The first kappa shape index (κ1) is 17.2. The molecule has 1 saturated heterocycles. The lowest BCUT2D eigenvalue weighted by Gasteiger charge is -2.45. The van der Waals surface area contributed by atoms with Crippen molar-refractivity contribution in [2.75, 3.05) is 13.1 Å². The zero-order valence-electron chi connectivity index (χ0n) is 12.5. The monoisotopic (exact) mass is 339 g/mol. The van der Waals surface area contributed by atoms with Crippen LogP contribution in [0.1, 0.15) is 22.3 Å². The van der Waals surface area contributed by atoms with Crippen LogP contribution in [0.25, 0.3) is 0 Å². The first-order chi connectivity index (χ1) is 10.7. The molecule has 0 atom stereocenters. The molecule has 0 radical (unpaired) electrons. The molecule has 2 N–H and O–H groups in total. The minimum absolute atomic E-state index is 0.0952. The largest absolute Gasteiger partial charge is 0.481 e. The van der Waals surface area contributed by atoms with Gasteiger partial charge in [-0.25, -0.2) is 13.2 Å². The van der Waals surface area contributed by atoms with Crippen molar-refractivity contribution >= 4 is 22.0 Å². The third-order valence-corrected chi connectivity index (χ3v) is 6.02. The maximum atomic E-state index is 12.6. The van der Waals surface area contributed by atoms with Crippen LogP contribution >= 0.6 is 0 Å². The Bertz CT molecular complexity index is 777. The van der Waals surface area contributed by atoms with E-state index in [0.29, 0.717) is 0 Å². The van der Waals surface area contributed by atoms with E-state index in [0.717, 1.165) is 4.31 Å². The van der Waals surface area contributed by atoms with Gasteiger partial charge in [0.2, 0.25) is 10.0 Å². The third kappa shape index (κ3) is 2.75. The first-order valence-electron chi connectivity index (χ1n) is 6.83. The second-order valence-corrected chi connectivity index (χ2v) is 7.49. The van der Waals surface area contributed by atoms with Crippen molar-refractivity contribution < 1.29 is 28.2 Å². The Kier molecular flexibility index (Phi) is 4.32. The predicted molar refractivity (Wildman–Crippen MR) is 81.8 cm³/mol. The topological polar surface area (TPSA) is 112 Å². The Morgan fingerprint density at radius 1 is 1.35 bits per heavy atom. The van der Waals surface area contributed by atoms with Crippen LogP contribution in [0, 0.1) is 12.3 Å². The van der Waals surface area contributed by atoms with E-state index >= 15 is 0 Å². The lowest BCUT2D eigenvalue weighted by atomic mass is 9.79. The number of nitrogens with zero attached hydrogens (tertiary/aromatic N) is 1. The van der Waals surface area contributed by atoms with Gasteiger partial charge in [0.25, 0.3) is 0 Å². The molecule has 1 heterocycles. The molecule has 0 aliphatic carbocycles. The zero-order valence-corrected chi connectivity index (χ0v) is 13.3. The number of carbonyl (C=O) groups is 2. The zero-order chi connectivity index (χ0) is 17.4. The first-order valence-corrected chi connectivity index (χ1v) is 8.27. The molecule has 124 valence electrons. The molecule has 2 rings (SSSR count). The fraction of sp³-hybridized carbons (Fsp3) is 0.333. The van der Waals surface area contributed by atoms with E-state index in [1.807, 2.05) is 0 Å². The summed E-state index contributed by atoms with van der Waals surface area (Å²) < 4.78 is 26.3. The highest BCUT2D eigenvalue weighted by Crippen LogP contribution is 2.39. The molecule has 1 aromatic rings. The van der Waals surface area contributed by atoms with Crippen LogP contribution in [-0.2, 0) is 14.8 Å². The van der Waals surface area contributed by atoms with Gasteiger partial charge in [-0.3, -0.25) is 4.79 Å². The molecular weight excluding hydrogens is 322 g/mol. The summed E-state index contributed by atoms with van der Waals surface area (Å²) in [6.07, 6.45) is 1.62. The molecular formula is C15H17NO6S. The minimum atomic E-state index is -3.94. The van der Waals surface area contributed by atoms with Gasteiger partial charge >= 0.3 is 11.9 Å². The Labute approximate surface area is 133 Å². The molecule has 0 amide bonds. The highest BCUT2D eigenvalue weighted by atomic mass is 32.2. The van der Waals surface area contributed by atoms with Gasteiger partial charge in [0.1, 0.15) is 0 Å². The second kappa shape index (κ2) is 5.78. The number of aliphatic carboxylic acids is 1. The average molecular weight is 339 g/mol. The van der Waals surface area contributed by atoms with Crippen molar-refractivity contribution in [1.29, 1.82) is 0 Å². The number of carboxylic acids is 2. The molecule has 0 saturated carbocycles. The maximum absolute atomic E-state index is 12.6. The predicted octanol–water partition coefficient (Wildman–Crippen LogP) is 1.34. The summed E-state index contributed by atoms with van der Waals surface area (Å²) in [7, 11) is -3.94. The lowest BCUT2D eigenvalue weighted by molar-refractivity contribution is -0.155. The standard InChI is InChI=1S/C15H17NO6S/c1-3-7-15(14(19)20)8-16(9-15)23(21,22)12-6-4-5-11(10(12)2)13(17)18/h3-6H,1,7-9H2,2H3,(H,17,18)(H,19,20). The Hall–Kier alpha value is -2.19. The summed E-state index contributed by atoms with van der Waals surface area (Å²) in [5, 5.41) is 18.4. The summed E-state index contributed by atoms with van der Waals surface area (Å²) in [4.78, 5) is 22.4. The molecule has 1 fully saturated rings. The van der Waals surface area contributed by atoms with Gasteiger partial charge in [-0.2, -0.15) is 4.31 Å². The van der Waals surface area contributed by atoms with E-state index < -0.39 is 27.4 Å². The smallest absolute Gasteiger partial charge is 0.335 e. The lowest BCUT2D eigenvalue weighted by Crippen LogP contribution is -2.61. The van der Waals surface area contributed by atoms with E-state index in [2.05, 4.69) is 6.58 Å². The Morgan fingerprint density at radius 3 is 2.43 bits per heavy atom. The second-order valence-electron chi connectivity index (χ2n) is 5.59. The van der Waals surface area contributed by atoms with E-state index in [4.69, 9.17) is 5.11 Å². The third-order valence-electron chi connectivity index (χ3n) is 4.08. The molecule has 0 aromatic heterocycles. The van der Waals surface area contributed by atoms with E-state index in [9.17, 15) is 23.1 Å². The molecule has 1 aliphatic heterocycles. The molecule has 0 bridgehead atoms. The fourth-order valence-corrected chi connectivity index (χ4v) is 4.55. The van der Waals surface area contributed by atoms with Crippen molar-refractivity contribution in [2.45, 2.75) is 18.2 Å². The van der Waals surface area contributed by atoms with Crippen molar-refractivity contribution in [2.24, 2.45) is 5.41 Å². The number of allylic oxidation sites excluding steroid dienone is 1. The Morgan fingerprint density at radius 2 is 1.96 bits per heavy atom. The molecule has 0 spiro atoms. The van der Waals surface area contributed by atoms with Gasteiger partial charge in [0.15, 0.2) is 0 Å². The van der Waals surface area contributed by atoms with E-state index in [1.54, 1.807) is 0 Å². The van der Waals surface area contributed by atoms with Gasteiger partial charge in [0, 0.05) is 13.1 Å². The summed E-state index contributed by atoms with van der Waals surface area (Å²) in [5.74, 6) is -2.28. The van der Waals surface area contributed by atoms with Gasteiger partial charge in [-0.05, 0) is 31.0 Å². The molecule has 23 heavy (non-hydrogen) atoms. The maximum Gasteiger partial charge on any atom is 0.335 e. The van der Waals surface area contributed by atoms with Crippen molar-refractivity contribution in [3.63, 3.8) is 0 Å². The van der Waals surface area contributed by atoms with E-state index in [-0.39, 0.29) is 35.5 Å². The molecule has 7 nitrogen and oxygen atoms in total. The highest BCUT2D eigenvalue weighted by Gasteiger charge is 2.53. The average Bonchev–Trinajstić information content (AvgIpc) is 2.41. The van der Waals surface area contributed by atoms with Crippen LogP contribution in [0.4, 0.5) is 0 Å². The highest BCUT2D eigenvalue weighted by molar-refractivity contribution is 7.89. The summed E-state index contributed by atoms with van der Waals surface area (Å²) in [5.41, 5.74) is -1.12. The van der Waals surface area contributed by atoms with Crippen LogP contribution in [0.15, 0.2) is 35.7 Å². The molecule has 1 aromatic carbocycles. The summed E-state index contributed by atoms with van der Waals surface area (Å²) >= 11 is 0. The normalized spacial score (nSPS) is 17.3. The number of carboxylic acid groups (broad SMARTS) is 2. The number of benzene rings is 1. The number of hydrogen-bond donors (Lipinski definition) is 2. The molecule has 8 heteroatoms. The number of aromatic carboxylic acids is 1. The van der Waals surface area contributed by atoms with E-state index in [1.165, 1.54) is 31.2 Å². The van der Waals surface area contributed by atoms with Gasteiger partial charge in [-0.1, -0.05) is 12.1 Å². The van der Waals surface area contributed by atoms with Crippen molar-refractivity contribution in [1.82, 2.24) is 4.31 Å². The number of hydrogen-bond acceptors (Lipinski definition) is 4. The number of sulfonamides is 1. The quantitative estimate of drug-likeness (QED) is 0.757. The number of rotatable bonds is 6. The summed E-state index contributed by atoms with van der Waals surface area (Å²) in [6, 6.07) is 4.01. The van der Waals surface area contributed by atoms with Crippen LogP contribution in [0.3, 0.4) is 0 Å². The van der Waals surface area contributed by atoms with Crippen LogP contribution in [-0.4, -0.2) is 48.0 Å². The molecule has 0 unspecified atom stereocenters. The Balaban J connectivity index is 2.36. The van der Waals surface area contributed by atoms with Crippen LogP contribution in [0.2, 0.25) is 0 Å². The summed E-state index contributed by atoms with van der Waals surface area (Å²) in [6.45, 7) is 4.61. The minimum Gasteiger partial charge on any atom is -0.481 e. The van der Waals surface area contributed by atoms with Crippen molar-refractivity contribution in [3.05, 3.63) is 42.0 Å². The SMILES string of the molecule is C=CCC1(C(=O)O)CN(S(=O)(=O)c2cccc(C(=O)O)c2C)C1. The van der Waals surface area contributed by atoms with Gasteiger partial charge in [0.05, 0.1) is 15.9 Å².